The fourth-order valence-corrected chi connectivity index (χ4v) is 3.12. The van der Waals surface area contributed by atoms with Crippen LogP contribution in [-0.2, 0) is 9.53 Å². The molecular weight excluding hydrogens is 349 g/mol. The van der Waals surface area contributed by atoms with Gasteiger partial charge in [0.1, 0.15) is 11.6 Å². The normalized spacial score (nSPS) is 14.7. The topological polar surface area (TPSA) is 71.5 Å². The lowest BCUT2D eigenvalue weighted by molar-refractivity contribution is -0.149. The Morgan fingerprint density at radius 3 is 2.67 bits per heavy atom. The summed E-state index contributed by atoms with van der Waals surface area (Å²) in [6.45, 7) is 3.08. The second-order valence-corrected chi connectivity index (χ2v) is 6.32. The van der Waals surface area contributed by atoms with Crippen molar-refractivity contribution in [3.05, 3.63) is 54.0 Å². The molecule has 27 heavy (non-hydrogen) atoms. The Balaban J connectivity index is 1.71. The molecule has 1 amide bonds. The van der Waals surface area contributed by atoms with E-state index in [0.29, 0.717) is 43.9 Å². The van der Waals surface area contributed by atoms with Crippen molar-refractivity contribution in [1.29, 1.82) is 0 Å². The van der Waals surface area contributed by atoms with Crippen LogP contribution in [0.5, 0.6) is 0 Å². The molecule has 6 nitrogen and oxygen atoms in total. The van der Waals surface area contributed by atoms with Crippen LogP contribution >= 0.6 is 0 Å². The van der Waals surface area contributed by atoms with Crippen molar-refractivity contribution >= 4 is 23.4 Å². The number of likely N-dealkylation sites (tertiary alicyclic amines) is 1. The number of rotatable bonds is 5. The third kappa shape index (κ3) is 4.42. The highest BCUT2D eigenvalue weighted by Gasteiger charge is 2.29. The Hall–Kier alpha value is -2.96. The monoisotopic (exact) mass is 371 g/mol. The van der Waals surface area contributed by atoms with Gasteiger partial charge in [0.25, 0.3) is 5.91 Å². The van der Waals surface area contributed by atoms with Gasteiger partial charge in [0.15, 0.2) is 0 Å². The predicted octanol–water partition coefficient (Wildman–Crippen LogP) is 3.38. The van der Waals surface area contributed by atoms with Gasteiger partial charge in [0.2, 0.25) is 0 Å². The molecule has 142 valence electrons. The number of piperidine rings is 1. The third-order valence-electron chi connectivity index (χ3n) is 4.57. The summed E-state index contributed by atoms with van der Waals surface area (Å²) in [6, 6.07) is 9.56. The van der Waals surface area contributed by atoms with Gasteiger partial charge in [-0.15, -0.1) is 0 Å². The zero-order chi connectivity index (χ0) is 19.2. The number of pyridine rings is 1. The van der Waals surface area contributed by atoms with Gasteiger partial charge in [0, 0.05) is 19.3 Å². The lowest BCUT2D eigenvalue weighted by Crippen LogP contribution is -2.40. The minimum absolute atomic E-state index is 0.168. The molecule has 0 spiro atoms. The maximum Gasteiger partial charge on any atom is 0.309 e. The van der Waals surface area contributed by atoms with Crippen LogP contribution < -0.4 is 5.32 Å². The number of esters is 1. The molecule has 1 aromatic heterocycles. The van der Waals surface area contributed by atoms with Crippen molar-refractivity contribution in [2.24, 2.45) is 5.92 Å². The van der Waals surface area contributed by atoms with Gasteiger partial charge < -0.3 is 15.0 Å². The lowest BCUT2D eigenvalue weighted by atomic mass is 9.96. The number of hydrogen-bond acceptors (Lipinski definition) is 5. The Labute approximate surface area is 157 Å². The fourth-order valence-electron chi connectivity index (χ4n) is 3.12. The van der Waals surface area contributed by atoms with E-state index in [-0.39, 0.29) is 23.5 Å². The van der Waals surface area contributed by atoms with Crippen LogP contribution in [0.2, 0.25) is 0 Å². The number of para-hydroxylation sites is 1. The Kier molecular flexibility index (Phi) is 6.01. The van der Waals surface area contributed by atoms with Crippen LogP contribution in [0, 0.1) is 11.7 Å². The number of benzene rings is 1. The predicted molar refractivity (Wildman–Crippen MR) is 99.2 cm³/mol. The van der Waals surface area contributed by atoms with Gasteiger partial charge in [-0.2, -0.15) is 0 Å². The molecule has 1 aliphatic rings. The van der Waals surface area contributed by atoms with E-state index in [1.807, 2.05) is 0 Å². The lowest BCUT2D eigenvalue weighted by Gasteiger charge is -2.31. The molecule has 0 bridgehead atoms. The summed E-state index contributed by atoms with van der Waals surface area (Å²) >= 11 is 0. The molecule has 1 saturated heterocycles. The van der Waals surface area contributed by atoms with Crippen LogP contribution in [0.25, 0.3) is 0 Å². The molecule has 0 atom stereocenters. The molecular formula is C20H22FN3O3. The standard InChI is InChI=1S/C20H22FN3O3/c1-2-27-20(26)14-9-12-24(13-10-14)19(25)15-6-5-11-22-18(15)23-17-8-4-3-7-16(17)21/h3-8,11,14H,2,9-10,12-13H2,1H3,(H,22,23). The quantitative estimate of drug-likeness (QED) is 0.816. The summed E-state index contributed by atoms with van der Waals surface area (Å²) < 4.78 is 19.0. The maximum atomic E-state index is 13.9. The van der Waals surface area contributed by atoms with Crippen LogP contribution in [0.3, 0.4) is 0 Å². The third-order valence-corrected chi connectivity index (χ3v) is 4.57. The number of hydrogen-bond donors (Lipinski definition) is 1. The van der Waals surface area contributed by atoms with Crippen molar-refractivity contribution in [2.45, 2.75) is 19.8 Å². The first kappa shape index (κ1) is 18.8. The van der Waals surface area contributed by atoms with Crippen molar-refractivity contribution in [2.75, 3.05) is 25.0 Å². The highest BCUT2D eigenvalue weighted by molar-refractivity contribution is 5.99. The largest absolute Gasteiger partial charge is 0.466 e. The van der Waals surface area contributed by atoms with E-state index in [9.17, 15) is 14.0 Å². The second-order valence-electron chi connectivity index (χ2n) is 6.32. The van der Waals surface area contributed by atoms with E-state index >= 15 is 0 Å². The number of nitrogens with zero attached hydrogens (tertiary/aromatic N) is 2. The Morgan fingerprint density at radius 2 is 1.96 bits per heavy atom. The van der Waals surface area contributed by atoms with Gasteiger partial charge >= 0.3 is 5.97 Å². The molecule has 3 rings (SSSR count). The molecule has 2 heterocycles. The van der Waals surface area contributed by atoms with Gasteiger partial charge in [0.05, 0.1) is 23.8 Å². The number of halogens is 1. The Morgan fingerprint density at radius 1 is 1.22 bits per heavy atom. The summed E-state index contributed by atoms with van der Waals surface area (Å²) in [5, 5.41) is 2.90. The van der Waals surface area contributed by atoms with E-state index in [4.69, 9.17) is 4.74 Å². The van der Waals surface area contributed by atoms with Gasteiger partial charge in [-0.1, -0.05) is 12.1 Å². The fraction of sp³-hybridized carbons (Fsp3) is 0.350. The first-order valence-corrected chi connectivity index (χ1v) is 9.02. The van der Waals surface area contributed by atoms with Gasteiger partial charge in [-0.25, -0.2) is 9.37 Å². The van der Waals surface area contributed by atoms with Crippen molar-refractivity contribution in [3.8, 4) is 0 Å². The highest BCUT2D eigenvalue weighted by Crippen LogP contribution is 2.25. The van der Waals surface area contributed by atoms with Gasteiger partial charge in [-0.3, -0.25) is 9.59 Å². The average molecular weight is 371 g/mol. The first-order chi connectivity index (χ1) is 13.1. The molecule has 0 saturated carbocycles. The smallest absolute Gasteiger partial charge is 0.309 e. The molecule has 1 aliphatic heterocycles. The van der Waals surface area contributed by atoms with E-state index in [2.05, 4.69) is 10.3 Å². The number of ether oxygens (including phenoxy) is 1. The minimum Gasteiger partial charge on any atom is -0.466 e. The number of anilines is 2. The Bertz CT molecular complexity index is 820. The molecule has 0 radical (unpaired) electrons. The van der Waals surface area contributed by atoms with Crippen LogP contribution in [0.15, 0.2) is 42.6 Å². The van der Waals surface area contributed by atoms with E-state index in [0.717, 1.165) is 0 Å². The van der Waals surface area contributed by atoms with Crippen molar-refractivity contribution in [1.82, 2.24) is 9.88 Å². The van der Waals surface area contributed by atoms with E-state index in [1.54, 1.807) is 48.4 Å². The molecule has 0 unspecified atom stereocenters. The van der Waals surface area contributed by atoms with Crippen LogP contribution in [0.1, 0.15) is 30.1 Å². The minimum atomic E-state index is -0.420. The summed E-state index contributed by atoms with van der Waals surface area (Å²) in [5.74, 6) is -0.673. The molecule has 1 aromatic carbocycles. The number of aromatic nitrogens is 1. The summed E-state index contributed by atoms with van der Waals surface area (Å²) in [6.07, 6.45) is 2.69. The summed E-state index contributed by atoms with van der Waals surface area (Å²) in [5.41, 5.74) is 0.626. The summed E-state index contributed by atoms with van der Waals surface area (Å²) in [4.78, 5) is 30.7. The highest BCUT2D eigenvalue weighted by atomic mass is 19.1. The maximum absolute atomic E-state index is 13.9. The molecule has 1 N–H and O–H groups in total. The molecule has 1 fully saturated rings. The zero-order valence-corrected chi connectivity index (χ0v) is 15.2. The van der Waals surface area contributed by atoms with E-state index < -0.39 is 5.82 Å². The summed E-state index contributed by atoms with van der Waals surface area (Å²) in [7, 11) is 0. The van der Waals surface area contributed by atoms with Crippen molar-refractivity contribution in [3.63, 3.8) is 0 Å². The number of nitrogens with one attached hydrogen (secondary N) is 1. The number of carbonyl (C=O) groups is 2. The molecule has 2 aromatic rings. The second kappa shape index (κ2) is 8.62. The zero-order valence-electron chi connectivity index (χ0n) is 15.2. The molecule has 7 heteroatoms. The number of carbonyl (C=O) groups excluding carboxylic acids is 2. The number of amides is 1. The average Bonchev–Trinajstić information content (AvgIpc) is 2.70. The molecule has 0 aliphatic carbocycles. The van der Waals surface area contributed by atoms with Crippen molar-refractivity contribution < 1.29 is 18.7 Å². The van der Waals surface area contributed by atoms with Crippen LogP contribution in [-0.4, -0.2) is 41.5 Å². The van der Waals surface area contributed by atoms with Crippen LogP contribution in [0.4, 0.5) is 15.9 Å². The van der Waals surface area contributed by atoms with E-state index in [1.165, 1.54) is 6.07 Å². The first-order valence-electron chi connectivity index (χ1n) is 9.02. The SMILES string of the molecule is CCOC(=O)C1CCN(C(=O)c2cccnc2Nc2ccccc2F)CC1. The van der Waals surface area contributed by atoms with Gasteiger partial charge in [-0.05, 0) is 44.0 Å².